The molecule has 158 valence electrons. The van der Waals surface area contributed by atoms with Gasteiger partial charge in [-0.05, 0) is 31.2 Å². The number of benzene rings is 1. The molecule has 0 aliphatic carbocycles. The SMILES string of the molecule is Cc1cc(C(=O)N2CCN(c3ccc4ncnc(OCC(F)F)c4c3)CC2)n(C)n1. The van der Waals surface area contributed by atoms with Crippen molar-refractivity contribution in [3.05, 3.63) is 42.0 Å². The highest BCUT2D eigenvalue weighted by molar-refractivity contribution is 5.93. The van der Waals surface area contributed by atoms with Crippen LogP contribution in [0.25, 0.3) is 10.9 Å². The Kier molecular flexibility index (Phi) is 5.47. The highest BCUT2D eigenvalue weighted by Crippen LogP contribution is 2.27. The molecule has 1 saturated heterocycles. The van der Waals surface area contributed by atoms with Crippen LogP contribution in [0.2, 0.25) is 0 Å². The summed E-state index contributed by atoms with van der Waals surface area (Å²) in [6.45, 7) is 3.58. The third-order valence-corrected chi connectivity index (χ3v) is 5.08. The van der Waals surface area contributed by atoms with Gasteiger partial charge in [0.2, 0.25) is 5.88 Å². The number of carbonyl (C=O) groups is 1. The number of hydrogen-bond acceptors (Lipinski definition) is 6. The van der Waals surface area contributed by atoms with Gasteiger partial charge in [0.15, 0.2) is 6.61 Å². The van der Waals surface area contributed by atoms with Crippen LogP contribution in [0.4, 0.5) is 14.5 Å². The van der Waals surface area contributed by atoms with Crippen LogP contribution in [-0.2, 0) is 7.05 Å². The third-order valence-electron chi connectivity index (χ3n) is 5.08. The number of anilines is 1. The first-order valence-corrected chi connectivity index (χ1v) is 9.63. The minimum atomic E-state index is -2.58. The van der Waals surface area contributed by atoms with Gasteiger partial charge in [-0.25, -0.2) is 18.7 Å². The lowest BCUT2D eigenvalue weighted by atomic mass is 10.1. The van der Waals surface area contributed by atoms with E-state index in [0.717, 1.165) is 11.4 Å². The molecule has 0 spiro atoms. The first kappa shape index (κ1) is 20.0. The summed E-state index contributed by atoms with van der Waals surface area (Å²) >= 11 is 0. The van der Waals surface area contributed by atoms with Gasteiger partial charge >= 0.3 is 0 Å². The predicted molar refractivity (Wildman–Crippen MR) is 107 cm³/mol. The smallest absolute Gasteiger partial charge is 0.272 e. The number of nitrogens with zero attached hydrogens (tertiary/aromatic N) is 6. The van der Waals surface area contributed by atoms with Crippen molar-refractivity contribution in [1.29, 1.82) is 0 Å². The molecule has 1 aliphatic heterocycles. The monoisotopic (exact) mass is 416 g/mol. The summed E-state index contributed by atoms with van der Waals surface area (Å²) in [6.07, 6.45) is -1.28. The van der Waals surface area contributed by atoms with Crippen LogP contribution < -0.4 is 9.64 Å². The summed E-state index contributed by atoms with van der Waals surface area (Å²) < 4.78 is 31.8. The molecule has 0 unspecified atom stereocenters. The van der Waals surface area contributed by atoms with Crippen molar-refractivity contribution in [3.8, 4) is 5.88 Å². The van der Waals surface area contributed by atoms with Crippen LogP contribution >= 0.6 is 0 Å². The predicted octanol–water partition coefficient (Wildman–Crippen LogP) is 2.28. The average Bonchev–Trinajstić information content (AvgIpc) is 3.09. The molecular weight excluding hydrogens is 394 g/mol. The fourth-order valence-corrected chi connectivity index (χ4v) is 3.62. The van der Waals surface area contributed by atoms with Crippen LogP contribution in [0.15, 0.2) is 30.6 Å². The minimum absolute atomic E-state index is 0.0349. The lowest BCUT2D eigenvalue weighted by Crippen LogP contribution is -2.49. The van der Waals surface area contributed by atoms with E-state index < -0.39 is 13.0 Å². The van der Waals surface area contributed by atoms with E-state index in [1.165, 1.54) is 6.33 Å². The van der Waals surface area contributed by atoms with Crippen LogP contribution in [0.3, 0.4) is 0 Å². The van der Waals surface area contributed by atoms with E-state index in [1.807, 2.05) is 30.0 Å². The van der Waals surface area contributed by atoms with E-state index in [4.69, 9.17) is 4.74 Å². The molecule has 30 heavy (non-hydrogen) atoms. The van der Waals surface area contributed by atoms with Crippen LogP contribution in [0, 0.1) is 6.92 Å². The number of amides is 1. The highest BCUT2D eigenvalue weighted by atomic mass is 19.3. The van der Waals surface area contributed by atoms with E-state index in [-0.39, 0.29) is 11.8 Å². The van der Waals surface area contributed by atoms with Crippen molar-refractivity contribution in [1.82, 2.24) is 24.6 Å². The van der Waals surface area contributed by atoms with Gasteiger partial charge in [0, 0.05) is 38.9 Å². The largest absolute Gasteiger partial charge is 0.471 e. The van der Waals surface area contributed by atoms with Gasteiger partial charge in [-0.1, -0.05) is 0 Å². The molecule has 0 bridgehead atoms. The first-order valence-electron chi connectivity index (χ1n) is 9.63. The third kappa shape index (κ3) is 4.03. The summed E-state index contributed by atoms with van der Waals surface area (Å²) in [5, 5.41) is 4.82. The zero-order chi connectivity index (χ0) is 21.3. The van der Waals surface area contributed by atoms with E-state index in [9.17, 15) is 13.6 Å². The molecule has 0 radical (unpaired) electrons. The second kappa shape index (κ2) is 8.21. The van der Waals surface area contributed by atoms with Crippen molar-refractivity contribution in [3.63, 3.8) is 0 Å². The number of hydrogen-bond donors (Lipinski definition) is 0. The van der Waals surface area contributed by atoms with Crippen LogP contribution in [0.5, 0.6) is 5.88 Å². The fraction of sp³-hybridized carbons (Fsp3) is 0.400. The van der Waals surface area contributed by atoms with Crippen LogP contribution in [0.1, 0.15) is 16.2 Å². The molecule has 1 aliphatic rings. The van der Waals surface area contributed by atoms with Crippen molar-refractivity contribution in [2.75, 3.05) is 37.7 Å². The molecule has 3 heterocycles. The summed E-state index contributed by atoms with van der Waals surface area (Å²) in [6, 6.07) is 7.38. The quantitative estimate of drug-likeness (QED) is 0.635. The van der Waals surface area contributed by atoms with E-state index >= 15 is 0 Å². The zero-order valence-corrected chi connectivity index (χ0v) is 16.8. The molecule has 3 aromatic rings. The first-order chi connectivity index (χ1) is 14.4. The lowest BCUT2D eigenvalue weighted by molar-refractivity contribution is 0.0735. The van der Waals surface area contributed by atoms with Gasteiger partial charge < -0.3 is 14.5 Å². The molecule has 8 nitrogen and oxygen atoms in total. The van der Waals surface area contributed by atoms with Crippen molar-refractivity contribution in [2.24, 2.45) is 7.05 Å². The molecule has 1 amide bonds. The topological polar surface area (TPSA) is 76.4 Å². The Morgan fingerprint density at radius 2 is 1.93 bits per heavy atom. The Balaban J connectivity index is 1.48. The second-order valence-corrected chi connectivity index (χ2v) is 7.16. The number of ether oxygens (including phenoxy) is 1. The Bertz CT molecular complexity index is 1060. The number of aryl methyl sites for hydroxylation is 2. The van der Waals surface area contributed by atoms with Gasteiger partial charge in [-0.2, -0.15) is 5.10 Å². The number of piperazine rings is 1. The summed E-state index contributed by atoms with van der Waals surface area (Å²) in [7, 11) is 1.77. The number of fused-ring (bicyclic) bond motifs is 1. The summed E-state index contributed by atoms with van der Waals surface area (Å²) in [5.41, 5.74) is 2.91. The van der Waals surface area contributed by atoms with Gasteiger partial charge in [0.05, 0.1) is 16.6 Å². The Morgan fingerprint density at radius 1 is 1.17 bits per heavy atom. The highest BCUT2D eigenvalue weighted by Gasteiger charge is 2.25. The molecule has 0 saturated carbocycles. The Hall–Kier alpha value is -3.30. The molecule has 10 heteroatoms. The van der Waals surface area contributed by atoms with Gasteiger partial charge in [-0.3, -0.25) is 9.48 Å². The summed E-state index contributed by atoms with van der Waals surface area (Å²) in [5.74, 6) is 0.106. The normalized spacial score (nSPS) is 14.6. The van der Waals surface area contributed by atoms with Gasteiger partial charge in [-0.15, -0.1) is 0 Å². The van der Waals surface area contributed by atoms with Crippen LogP contribution in [-0.4, -0.2) is 69.8 Å². The van der Waals surface area contributed by atoms with Crippen molar-refractivity contribution >= 4 is 22.5 Å². The standard InChI is InChI=1S/C20H22F2N6O2/c1-13-9-17(26(2)25-13)20(29)28-7-5-27(6-8-28)14-3-4-16-15(10-14)19(24-12-23-16)30-11-18(21)22/h3-4,9-10,12,18H,5-8,11H2,1-2H3. The summed E-state index contributed by atoms with van der Waals surface area (Å²) in [4.78, 5) is 24.9. The van der Waals surface area contributed by atoms with Gasteiger partial charge in [0.25, 0.3) is 12.3 Å². The van der Waals surface area contributed by atoms with E-state index in [2.05, 4.69) is 20.0 Å². The van der Waals surface area contributed by atoms with E-state index in [1.54, 1.807) is 17.8 Å². The molecular formula is C20H22F2N6O2. The maximum Gasteiger partial charge on any atom is 0.272 e. The molecule has 2 aromatic heterocycles. The number of aromatic nitrogens is 4. The number of halogens is 2. The number of carbonyl (C=O) groups excluding carboxylic acids is 1. The Morgan fingerprint density at radius 3 is 2.60 bits per heavy atom. The number of alkyl halides is 2. The zero-order valence-electron chi connectivity index (χ0n) is 16.8. The Labute approximate surface area is 172 Å². The lowest BCUT2D eigenvalue weighted by Gasteiger charge is -2.36. The second-order valence-electron chi connectivity index (χ2n) is 7.16. The average molecular weight is 416 g/mol. The molecule has 1 fully saturated rings. The minimum Gasteiger partial charge on any atom is -0.471 e. The molecule has 4 rings (SSSR count). The maximum atomic E-state index is 12.8. The van der Waals surface area contributed by atoms with Crippen molar-refractivity contribution < 1.29 is 18.3 Å². The number of rotatable bonds is 5. The van der Waals surface area contributed by atoms with Gasteiger partial charge in [0.1, 0.15) is 12.0 Å². The molecule has 0 atom stereocenters. The molecule has 1 aromatic carbocycles. The fourth-order valence-electron chi connectivity index (χ4n) is 3.62. The van der Waals surface area contributed by atoms with E-state index in [0.29, 0.717) is 42.8 Å². The molecule has 0 N–H and O–H groups in total. The van der Waals surface area contributed by atoms with Crippen molar-refractivity contribution in [2.45, 2.75) is 13.3 Å². The maximum absolute atomic E-state index is 12.8.